The van der Waals surface area contributed by atoms with Gasteiger partial charge in [0.25, 0.3) is 0 Å². The highest BCUT2D eigenvalue weighted by atomic mass is 35.5. The number of imidazole rings is 1. The van der Waals surface area contributed by atoms with Gasteiger partial charge < -0.3 is 4.57 Å². The van der Waals surface area contributed by atoms with Crippen molar-refractivity contribution in [3.63, 3.8) is 0 Å². The molecule has 20 heavy (non-hydrogen) atoms. The standard InChI is InChI=1S/C12H11ClN6S/c1-18-8-14-6-11(18)7-20-12-15-16-17-19(12)10-4-2-9(13)3-5-10/h2-6,8H,7H2,1H3. The second-order valence-corrected chi connectivity index (χ2v) is 5.51. The molecule has 2 heterocycles. The number of hydrogen-bond donors (Lipinski definition) is 0. The van der Waals surface area contributed by atoms with Gasteiger partial charge in [0.15, 0.2) is 0 Å². The van der Waals surface area contributed by atoms with E-state index in [9.17, 15) is 0 Å². The molecule has 0 unspecified atom stereocenters. The molecule has 3 rings (SSSR count). The SMILES string of the molecule is Cn1cncc1CSc1nnnn1-c1ccc(Cl)cc1. The van der Waals surface area contributed by atoms with E-state index < -0.39 is 0 Å². The largest absolute Gasteiger partial charge is 0.337 e. The second-order valence-electron chi connectivity index (χ2n) is 4.13. The number of halogens is 1. The van der Waals surface area contributed by atoms with Gasteiger partial charge in [0.05, 0.1) is 12.0 Å². The van der Waals surface area contributed by atoms with E-state index in [1.54, 1.807) is 22.8 Å². The van der Waals surface area contributed by atoms with Crippen molar-refractivity contribution in [1.29, 1.82) is 0 Å². The van der Waals surface area contributed by atoms with Crippen LogP contribution in [0.2, 0.25) is 5.02 Å². The van der Waals surface area contributed by atoms with Crippen LogP contribution in [0, 0.1) is 0 Å². The lowest BCUT2D eigenvalue weighted by atomic mass is 10.3. The predicted molar refractivity (Wildman–Crippen MR) is 76.9 cm³/mol. The molecule has 0 spiro atoms. The summed E-state index contributed by atoms with van der Waals surface area (Å²) in [5.74, 6) is 0.754. The van der Waals surface area contributed by atoms with Gasteiger partial charge in [0.1, 0.15) is 0 Å². The predicted octanol–water partition coefficient (Wildman–Crippen LogP) is 2.34. The average Bonchev–Trinajstić information content (AvgIpc) is 3.06. The van der Waals surface area contributed by atoms with Gasteiger partial charge >= 0.3 is 0 Å². The molecular formula is C12H11ClN6S. The maximum Gasteiger partial charge on any atom is 0.214 e. The van der Waals surface area contributed by atoms with Gasteiger partial charge in [-0.2, -0.15) is 4.68 Å². The number of aryl methyl sites for hydroxylation is 1. The third kappa shape index (κ3) is 2.68. The zero-order valence-electron chi connectivity index (χ0n) is 10.6. The highest BCUT2D eigenvalue weighted by Crippen LogP contribution is 2.22. The number of rotatable bonds is 4. The molecule has 0 fully saturated rings. The minimum absolute atomic E-state index is 0.686. The summed E-state index contributed by atoms with van der Waals surface area (Å²) in [5, 5.41) is 13.2. The van der Waals surface area contributed by atoms with E-state index >= 15 is 0 Å². The molecule has 0 saturated carbocycles. The van der Waals surface area contributed by atoms with Gasteiger partial charge in [-0.1, -0.05) is 23.4 Å². The molecular weight excluding hydrogens is 296 g/mol. The molecule has 102 valence electrons. The van der Waals surface area contributed by atoms with Gasteiger partial charge in [-0.25, -0.2) is 4.98 Å². The van der Waals surface area contributed by atoms with Crippen molar-refractivity contribution in [2.75, 3.05) is 0 Å². The molecule has 0 atom stereocenters. The molecule has 0 aliphatic rings. The molecule has 0 bridgehead atoms. The van der Waals surface area contributed by atoms with E-state index in [1.165, 1.54) is 0 Å². The molecule has 3 aromatic rings. The number of hydrogen-bond acceptors (Lipinski definition) is 5. The van der Waals surface area contributed by atoms with Gasteiger partial charge in [0.2, 0.25) is 5.16 Å². The number of aromatic nitrogens is 6. The monoisotopic (exact) mass is 306 g/mol. The Kier molecular flexibility index (Phi) is 3.70. The lowest BCUT2D eigenvalue weighted by Gasteiger charge is -2.04. The second kappa shape index (κ2) is 5.64. The van der Waals surface area contributed by atoms with E-state index in [1.807, 2.05) is 42.1 Å². The number of nitrogens with zero attached hydrogens (tertiary/aromatic N) is 6. The highest BCUT2D eigenvalue weighted by molar-refractivity contribution is 7.98. The van der Waals surface area contributed by atoms with Gasteiger partial charge in [-0.3, -0.25) is 0 Å². The van der Waals surface area contributed by atoms with Crippen LogP contribution in [0.25, 0.3) is 5.69 Å². The van der Waals surface area contributed by atoms with Crippen molar-refractivity contribution in [1.82, 2.24) is 29.8 Å². The van der Waals surface area contributed by atoms with E-state index in [2.05, 4.69) is 20.5 Å². The molecule has 0 radical (unpaired) electrons. The first-order chi connectivity index (χ1) is 9.74. The number of thioether (sulfide) groups is 1. The molecule has 0 saturated heterocycles. The highest BCUT2D eigenvalue weighted by Gasteiger charge is 2.10. The van der Waals surface area contributed by atoms with Crippen LogP contribution in [-0.2, 0) is 12.8 Å². The fourth-order valence-electron chi connectivity index (χ4n) is 1.68. The van der Waals surface area contributed by atoms with E-state index in [0.29, 0.717) is 5.02 Å². The van der Waals surface area contributed by atoms with Crippen LogP contribution in [0.15, 0.2) is 41.9 Å². The van der Waals surface area contributed by atoms with Gasteiger partial charge in [-0.15, -0.1) is 5.10 Å². The minimum atomic E-state index is 0.686. The van der Waals surface area contributed by atoms with Crippen LogP contribution in [0.5, 0.6) is 0 Å². The van der Waals surface area contributed by atoms with Crippen molar-refractivity contribution in [3.05, 3.63) is 47.5 Å². The fraction of sp³-hybridized carbons (Fsp3) is 0.167. The van der Waals surface area contributed by atoms with E-state index in [4.69, 9.17) is 11.6 Å². The maximum atomic E-state index is 5.88. The molecule has 0 aliphatic carbocycles. The summed E-state index contributed by atoms with van der Waals surface area (Å²) in [6.07, 6.45) is 3.61. The maximum absolute atomic E-state index is 5.88. The van der Waals surface area contributed by atoms with Crippen molar-refractivity contribution >= 4 is 23.4 Å². The fourth-order valence-corrected chi connectivity index (χ4v) is 2.72. The first-order valence-corrected chi connectivity index (χ1v) is 7.23. The smallest absolute Gasteiger partial charge is 0.214 e. The zero-order valence-corrected chi connectivity index (χ0v) is 12.2. The Hall–Kier alpha value is -1.86. The lowest BCUT2D eigenvalue weighted by molar-refractivity contribution is 0.756. The van der Waals surface area contributed by atoms with Crippen molar-refractivity contribution in [2.45, 2.75) is 10.9 Å². The molecule has 8 heteroatoms. The minimum Gasteiger partial charge on any atom is -0.337 e. The summed E-state index contributed by atoms with van der Waals surface area (Å²) < 4.78 is 3.67. The summed E-state index contributed by atoms with van der Waals surface area (Å²) in [7, 11) is 1.96. The average molecular weight is 307 g/mol. The first-order valence-electron chi connectivity index (χ1n) is 5.86. The summed E-state index contributed by atoms with van der Waals surface area (Å²) in [6, 6.07) is 7.39. The Morgan fingerprint density at radius 3 is 2.75 bits per heavy atom. The van der Waals surface area contributed by atoms with Crippen LogP contribution < -0.4 is 0 Å². The van der Waals surface area contributed by atoms with Crippen LogP contribution in [0.3, 0.4) is 0 Å². The van der Waals surface area contributed by atoms with E-state index in [-0.39, 0.29) is 0 Å². The quantitative estimate of drug-likeness (QED) is 0.692. The van der Waals surface area contributed by atoms with Crippen LogP contribution >= 0.6 is 23.4 Å². The third-order valence-electron chi connectivity index (χ3n) is 2.78. The Bertz CT molecular complexity index is 705. The Labute approximate surface area is 124 Å². The zero-order chi connectivity index (χ0) is 13.9. The van der Waals surface area contributed by atoms with Crippen LogP contribution in [0.1, 0.15) is 5.69 Å². The van der Waals surface area contributed by atoms with Crippen molar-refractivity contribution < 1.29 is 0 Å². The van der Waals surface area contributed by atoms with Crippen LogP contribution in [-0.4, -0.2) is 29.8 Å². The Morgan fingerprint density at radius 1 is 1.25 bits per heavy atom. The van der Waals surface area contributed by atoms with Crippen molar-refractivity contribution in [2.24, 2.45) is 7.05 Å². The van der Waals surface area contributed by atoms with Gasteiger partial charge in [-0.05, 0) is 34.7 Å². The topological polar surface area (TPSA) is 61.4 Å². The molecule has 1 aromatic carbocycles. The van der Waals surface area contributed by atoms with Gasteiger partial charge in [0, 0.05) is 29.7 Å². The molecule has 2 aromatic heterocycles. The summed E-state index contributed by atoms with van der Waals surface area (Å²) in [5.41, 5.74) is 1.99. The number of tetrazole rings is 1. The summed E-state index contributed by atoms with van der Waals surface area (Å²) >= 11 is 7.44. The van der Waals surface area contributed by atoms with Crippen molar-refractivity contribution in [3.8, 4) is 5.69 Å². The number of benzene rings is 1. The Morgan fingerprint density at radius 2 is 2.05 bits per heavy atom. The third-order valence-corrected chi connectivity index (χ3v) is 3.98. The molecule has 0 N–H and O–H groups in total. The summed E-state index contributed by atoms with van der Waals surface area (Å²) in [6.45, 7) is 0. The molecule has 6 nitrogen and oxygen atoms in total. The normalized spacial score (nSPS) is 10.9. The van der Waals surface area contributed by atoms with Crippen LogP contribution in [0.4, 0.5) is 0 Å². The summed E-state index contributed by atoms with van der Waals surface area (Å²) in [4.78, 5) is 4.09. The first kappa shape index (κ1) is 13.1. The Balaban J connectivity index is 1.80. The van der Waals surface area contributed by atoms with E-state index in [0.717, 1.165) is 22.3 Å². The molecule has 0 amide bonds. The lowest BCUT2D eigenvalue weighted by Crippen LogP contribution is -1.99. The molecule has 0 aliphatic heterocycles.